The van der Waals surface area contributed by atoms with Gasteiger partial charge in [-0.15, -0.1) is 11.8 Å². The van der Waals surface area contributed by atoms with E-state index in [2.05, 4.69) is 20.4 Å². The van der Waals surface area contributed by atoms with Crippen molar-refractivity contribution in [1.82, 2.24) is 25.1 Å². The molecule has 0 aliphatic carbocycles. The van der Waals surface area contributed by atoms with Crippen LogP contribution in [0.5, 0.6) is 0 Å². The van der Waals surface area contributed by atoms with Gasteiger partial charge < -0.3 is 5.32 Å². The molecular formula is C17H17N5OS. The minimum Gasteiger partial charge on any atom is -0.350 e. The highest BCUT2D eigenvalue weighted by Crippen LogP contribution is 2.20. The number of nitrogens with one attached hydrogen (secondary N) is 1. The van der Waals surface area contributed by atoms with Crippen molar-refractivity contribution >= 4 is 17.7 Å². The number of carbonyl (C=O) groups is 1. The third-order valence-electron chi connectivity index (χ3n) is 3.33. The lowest BCUT2D eigenvalue weighted by Crippen LogP contribution is -2.27. The number of pyridine rings is 1. The van der Waals surface area contributed by atoms with Gasteiger partial charge in [-0.2, -0.15) is 5.10 Å². The van der Waals surface area contributed by atoms with Gasteiger partial charge in [-0.3, -0.25) is 9.48 Å². The molecule has 0 radical (unpaired) electrons. The fourth-order valence-corrected chi connectivity index (χ4v) is 2.89. The van der Waals surface area contributed by atoms with Crippen LogP contribution in [-0.4, -0.2) is 32.2 Å². The number of hydrogen-bond donors (Lipinski definition) is 1. The first-order chi connectivity index (χ1) is 11.8. The third-order valence-corrected chi connectivity index (χ3v) is 4.35. The maximum absolute atomic E-state index is 12.1. The van der Waals surface area contributed by atoms with Gasteiger partial charge in [-0.05, 0) is 29.8 Å². The zero-order chi connectivity index (χ0) is 16.6. The third kappa shape index (κ3) is 4.66. The maximum atomic E-state index is 12.1. The molecule has 7 heteroatoms. The average Bonchev–Trinajstić information content (AvgIpc) is 3.15. The molecular weight excluding hydrogens is 322 g/mol. The number of hydrogen-bond acceptors (Lipinski definition) is 5. The van der Waals surface area contributed by atoms with Gasteiger partial charge in [0.05, 0.1) is 11.6 Å². The van der Waals surface area contributed by atoms with E-state index < -0.39 is 0 Å². The molecule has 0 aliphatic rings. The summed E-state index contributed by atoms with van der Waals surface area (Å²) in [6.07, 6.45) is 4.89. The van der Waals surface area contributed by atoms with Gasteiger partial charge in [0, 0.05) is 24.1 Å². The summed E-state index contributed by atoms with van der Waals surface area (Å²) in [6.45, 7) is 1.12. The zero-order valence-electron chi connectivity index (χ0n) is 13.0. The van der Waals surface area contributed by atoms with Gasteiger partial charge in [0.15, 0.2) is 0 Å². The van der Waals surface area contributed by atoms with Crippen molar-refractivity contribution in [2.24, 2.45) is 0 Å². The summed E-state index contributed by atoms with van der Waals surface area (Å²) in [6, 6.07) is 13.5. The Kier molecular flexibility index (Phi) is 5.57. The second kappa shape index (κ2) is 8.26. The zero-order valence-corrected chi connectivity index (χ0v) is 13.8. The summed E-state index contributed by atoms with van der Waals surface area (Å²) in [5.41, 5.74) is 1.81. The number of carbonyl (C=O) groups excluding carboxylic acids is 1. The Balaban J connectivity index is 1.47. The van der Waals surface area contributed by atoms with E-state index in [4.69, 9.17) is 0 Å². The summed E-state index contributed by atoms with van der Waals surface area (Å²) in [5.74, 6) is 0.740. The SMILES string of the molecule is O=C(NCCn1cncn1)c1ccc(CSc2ccccn2)cc1. The Bertz CT molecular complexity index is 759. The fourth-order valence-electron chi connectivity index (χ4n) is 2.08. The molecule has 1 aromatic carbocycles. The van der Waals surface area contributed by atoms with Gasteiger partial charge >= 0.3 is 0 Å². The molecule has 24 heavy (non-hydrogen) atoms. The minimum atomic E-state index is -0.0842. The van der Waals surface area contributed by atoms with E-state index in [1.807, 2.05) is 42.5 Å². The van der Waals surface area contributed by atoms with E-state index in [-0.39, 0.29) is 5.91 Å². The highest BCUT2D eigenvalue weighted by molar-refractivity contribution is 7.98. The monoisotopic (exact) mass is 339 g/mol. The van der Waals surface area contributed by atoms with Crippen molar-refractivity contribution in [3.8, 4) is 0 Å². The van der Waals surface area contributed by atoms with Crippen LogP contribution in [-0.2, 0) is 12.3 Å². The van der Waals surface area contributed by atoms with Crippen LogP contribution in [0.2, 0.25) is 0 Å². The highest BCUT2D eigenvalue weighted by Gasteiger charge is 2.05. The molecule has 2 heterocycles. The molecule has 0 unspecified atom stereocenters. The summed E-state index contributed by atoms with van der Waals surface area (Å²) in [4.78, 5) is 20.2. The van der Waals surface area contributed by atoms with Crippen molar-refractivity contribution in [1.29, 1.82) is 0 Å². The molecule has 0 saturated carbocycles. The van der Waals surface area contributed by atoms with Crippen LogP contribution < -0.4 is 5.32 Å². The van der Waals surface area contributed by atoms with Crippen molar-refractivity contribution < 1.29 is 4.79 Å². The molecule has 1 amide bonds. The Morgan fingerprint density at radius 1 is 1.17 bits per heavy atom. The molecule has 3 rings (SSSR count). The standard InChI is InChI=1S/C17H17N5OS/c23-17(20-9-10-22-13-18-12-21-22)15-6-4-14(5-7-15)11-24-16-3-1-2-8-19-16/h1-8,12-13H,9-11H2,(H,20,23). The van der Waals surface area contributed by atoms with Gasteiger partial charge in [0.25, 0.3) is 5.91 Å². The van der Waals surface area contributed by atoms with Crippen LogP contribution in [0.25, 0.3) is 0 Å². The predicted octanol–water partition coefficient (Wildman–Crippen LogP) is 2.40. The molecule has 3 aromatic rings. The number of rotatable bonds is 7. The highest BCUT2D eigenvalue weighted by atomic mass is 32.2. The summed E-state index contributed by atoms with van der Waals surface area (Å²) in [7, 11) is 0. The molecule has 6 nitrogen and oxygen atoms in total. The molecule has 0 bridgehead atoms. The normalized spacial score (nSPS) is 10.5. The van der Waals surface area contributed by atoms with Crippen LogP contribution in [0.1, 0.15) is 15.9 Å². The summed E-state index contributed by atoms with van der Waals surface area (Å²) < 4.78 is 1.68. The Morgan fingerprint density at radius 3 is 2.75 bits per heavy atom. The number of benzene rings is 1. The lowest BCUT2D eigenvalue weighted by Gasteiger charge is -2.06. The first kappa shape index (κ1) is 16.2. The first-order valence-electron chi connectivity index (χ1n) is 7.54. The number of nitrogens with zero attached hydrogens (tertiary/aromatic N) is 4. The Labute approximate surface area is 144 Å². The Morgan fingerprint density at radius 2 is 2.04 bits per heavy atom. The quantitative estimate of drug-likeness (QED) is 0.669. The van der Waals surface area contributed by atoms with Gasteiger partial charge in [-0.25, -0.2) is 9.97 Å². The molecule has 0 aliphatic heterocycles. The second-order valence-corrected chi connectivity index (χ2v) is 6.06. The largest absolute Gasteiger partial charge is 0.350 e. The van der Waals surface area contributed by atoms with Crippen LogP contribution in [0, 0.1) is 0 Å². The average molecular weight is 339 g/mol. The van der Waals surface area contributed by atoms with E-state index >= 15 is 0 Å². The first-order valence-corrected chi connectivity index (χ1v) is 8.53. The molecule has 122 valence electrons. The van der Waals surface area contributed by atoms with Crippen molar-refractivity contribution in [2.45, 2.75) is 17.3 Å². The van der Waals surface area contributed by atoms with Crippen molar-refractivity contribution in [2.75, 3.05) is 6.54 Å². The molecule has 2 aromatic heterocycles. The van der Waals surface area contributed by atoms with Crippen molar-refractivity contribution in [3.63, 3.8) is 0 Å². The minimum absolute atomic E-state index is 0.0842. The van der Waals surface area contributed by atoms with Crippen LogP contribution in [0.3, 0.4) is 0 Å². The van der Waals surface area contributed by atoms with Gasteiger partial charge in [0.2, 0.25) is 0 Å². The smallest absolute Gasteiger partial charge is 0.251 e. The topological polar surface area (TPSA) is 72.7 Å². The molecule has 0 saturated heterocycles. The molecule has 0 spiro atoms. The lowest BCUT2D eigenvalue weighted by atomic mass is 10.1. The maximum Gasteiger partial charge on any atom is 0.251 e. The molecule has 0 fully saturated rings. The summed E-state index contributed by atoms with van der Waals surface area (Å²) in [5, 5.41) is 7.85. The van der Waals surface area contributed by atoms with Gasteiger partial charge in [-0.1, -0.05) is 18.2 Å². The van der Waals surface area contributed by atoms with Crippen LogP contribution in [0.15, 0.2) is 66.3 Å². The lowest BCUT2D eigenvalue weighted by molar-refractivity contribution is 0.0952. The van der Waals surface area contributed by atoms with E-state index in [1.54, 1.807) is 29.0 Å². The summed E-state index contributed by atoms with van der Waals surface area (Å²) >= 11 is 1.67. The number of aromatic nitrogens is 4. The van der Waals surface area contributed by atoms with Gasteiger partial charge in [0.1, 0.15) is 12.7 Å². The van der Waals surface area contributed by atoms with Crippen LogP contribution >= 0.6 is 11.8 Å². The fraction of sp³-hybridized carbons (Fsp3) is 0.176. The number of thioether (sulfide) groups is 1. The van der Waals surface area contributed by atoms with Crippen LogP contribution in [0.4, 0.5) is 0 Å². The van der Waals surface area contributed by atoms with E-state index in [1.165, 1.54) is 6.33 Å². The predicted molar refractivity (Wildman–Crippen MR) is 92.6 cm³/mol. The Hall–Kier alpha value is -2.67. The number of amides is 1. The van der Waals surface area contributed by atoms with E-state index in [0.29, 0.717) is 18.7 Å². The van der Waals surface area contributed by atoms with E-state index in [9.17, 15) is 4.79 Å². The second-order valence-electron chi connectivity index (χ2n) is 5.07. The molecule has 0 atom stereocenters. The van der Waals surface area contributed by atoms with E-state index in [0.717, 1.165) is 16.3 Å². The van der Waals surface area contributed by atoms with Crippen molar-refractivity contribution in [3.05, 3.63) is 72.4 Å². The molecule has 1 N–H and O–H groups in total.